The lowest BCUT2D eigenvalue weighted by Gasteiger charge is -2.00. The minimum absolute atomic E-state index is 0.156. The van der Waals surface area contributed by atoms with Crippen LogP contribution in [0.4, 0.5) is 5.82 Å². The van der Waals surface area contributed by atoms with Crippen LogP contribution >= 0.6 is 22.9 Å². The Morgan fingerprint density at radius 1 is 1.43 bits per heavy atom. The minimum atomic E-state index is 0.156. The number of halogens is 1. The highest BCUT2D eigenvalue weighted by atomic mass is 35.5. The van der Waals surface area contributed by atoms with E-state index in [2.05, 4.69) is 4.98 Å². The standard InChI is InChI=1S/C9H7ClN2OS/c10-5-1-2-7(13)6(3-5)9-12-8(11)4-14-9/h1-4,13H,11H2. The summed E-state index contributed by atoms with van der Waals surface area (Å²) in [7, 11) is 0. The van der Waals surface area contributed by atoms with Gasteiger partial charge in [-0.2, -0.15) is 0 Å². The first-order chi connectivity index (χ1) is 6.66. The first kappa shape index (κ1) is 9.30. The van der Waals surface area contributed by atoms with Crippen LogP contribution in [0.3, 0.4) is 0 Å². The van der Waals surface area contributed by atoms with Crippen LogP contribution in [0.25, 0.3) is 10.6 Å². The average Bonchev–Trinajstić information content (AvgIpc) is 2.56. The lowest BCUT2D eigenvalue weighted by atomic mass is 10.2. The van der Waals surface area contributed by atoms with Crippen LogP contribution in [0.15, 0.2) is 23.6 Å². The van der Waals surface area contributed by atoms with Crippen molar-refractivity contribution >= 4 is 28.8 Å². The van der Waals surface area contributed by atoms with Crippen LogP contribution in [0.1, 0.15) is 0 Å². The van der Waals surface area contributed by atoms with Crippen molar-refractivity contribution in [1.29, 1.82) is 0 Å². The van der Waals surface area contributed by atoms with Crippen molar-refractivity contribution in [3.8, 4) is 16.3 Å². The SMILES string of the molecule is Nc1csc(-c2cc(Cl)ccc2O)n1. The molecule has 72 valence electrons. The molecular formula is C9H7ClN2OS. The van der Waals surface area contributed by atoms with E-state index in [1.807, 2.05) is 0 Å². The number of nitrogens with two attached hydrogens (primary N) is 1. The fourth-order valence-electron chi connectivity index (χ4n) is 1.09. The van der Waals surface area contributed by atoms with Crippen LogP contribution in [0, 0.1) is 0 Å². The highest BCUT2D eigenvalue weighted by Gasteiger charge is 2.08. The number of thiazole rings is 1. The van der Waals surface area contributed by atoms with Gasteiger partial charge in [0.25, 0.3) is 0 Å². The molecule has 0 bridgehead atoms. The highest BCUT2D eigenvalue weighted by molar-refractivity contribution is 7.13. The van der Waals surface area contributed by atoms with Crippen molar-refractivity contribution in [3.05, 3.63) is 28.6 Å². The van der Waals surface area contributed by atoms with Gasteiger partial charge in [0.05, 0.1) is 5.56 Å². The quantitative estimate of drug-likeness (QED) is 0.786. The summed E-state index contributed by atoms with van der Waals surface area (Å²) in [4.78, 5) is 4.06. The molecular weight excluding hydrogens is 220 g/mol. The van der Waals surface area contributed by atoms with Crippen molar-refractivity contribution < 1.29 is 5.11 Å². The van der Waals surface area contributed by atoms with Gasteiger partial charge in [-0.25, -0.2) is 4.98 Å². The van der Waals surface area contributed by atoms with E-state index in [9.17, 15) is 5.11 Å². The number of hydrogen-bond acceptors (Lipinski definition) is 4. The molecule has 0 amide bonds. The molecule has 1 aromatic carbocycles. The lowest BCUT2D eigenvalue weighted by Crippen LogP contribution is -1.83. The van der Waals surface area contributed by atoms with Gasteiger partial charge in [0.15, 0.2) is 0 Å². The number of aromatic hydroxyl groups is 1. The van der Waals surface area contributed by atoms with Crippen LogP contribution < -0.4 is 5.73 Å². The maximum Gasteiger partial charge on any atom is 0.135 e. The summed E-state index contributed by atoms with van der Waals surface area (Å²) < 4.78 is 0. The molecule has 0 aliphatic rings. The number of hydrogen-bond donors (Lipinski definition) is 2. The molecule has 5 heteroatoms. The van der Waals surface area contributed by atoms with Crippen LogP contribution in [-0.2, 0) is 0 Å². The Morgan fingerprint density at radius 3 is 2.86 bits per heavy atom. The molecule has 1 heterocycles. The van der Waals surface area contributed by atoms with Gasteiger partial charge in [-0.05, 0) is 18.2 Å². The fourth-order valence-corrected chi connectivity index (χ4v) is 2.00. The Labute approximate surface area is 89.8 Å². The zero-order valence-corrected chi connectivity index (χ0v) is 8.64. The predicted octanol–water partition coefficient (Wildman–Crippen LogP) is 2.75. The minimum Gasteiger partial charge on any atom is -0.507 e. The third-order valence-electron chi connectivity index (χ3n) is 1.71. The number of anilines is 1. The number of phenols is 1. The van der Waals surface area contributed by atoms with E-state index in [4.69, 9.17) is 17.3 Å². The third kappa shape index (κ3) is 1.66. The van der Waals surface area contributed by atoms with E-state index >= 15 is 0 Å². The maximum absolute atomic E-state index is 9.56. The van der Waals surface area contributed by atoms with Crippen molar-refractivity contribution in [2.45, 2.75) is 0 Å². The van der Waals surface area contributed by atoms with Gasteiger partial charge in [0, 0.05) is 10.4 Å². The molecule has 0 spiro atoms. The normalized spacial score (nSPS) is 10.4. The summed E-state index contributed by atoms with van der Waals surface area (Å²) in [5.41, 5.74) is 6.10. The van der Waals surface area contributed by atoms with Crippen LogP contribution in [0.5, 0.6) is 5.75 Å². The number of phenolic OH excluding ortho intramolecular Hbond substituents is 1. The summed E-state index contributed by atoms with van der Waals surface area (Å²) in [5.74, 6) is 0.605. The number of benzene rings is 1. The second-order valence-corrected chi connectivity index (χ2v) is 4.03. The van der Waals surface area contributed by atoms with Gasteiger partial charge in [-0.15, -0.1) is 11.3 Å². The molecule has 14 heavy (non-hydrogen) atoms. The molecule has 0 aliphatic heterocycles. The second kappa shape index (κ2) is 3.48. The molecule has 0 unspecified atom stereocenters. The number of rotatable bonds is 1. The predicted molar refractivity (Wildman–Crippen MR) is 58.6 cm³/mol. The maximum atomic E-state index is 9.56. The Morgan fingerprint density at radius 2 is 2.21 bits per heavy atom. The van der Waals surface area contributed by atoms with Crippen molar-refractivity contribution in [2.24, 2.45) is 0 Å². The van der Waals surface area contributed by atoms with Gasteiger partial charge >= 0.3 is 0 Å². The molecule has 3 N–H and O–H groups in total. The molecule has 2 rings (SSSR count). The van der Waals surface area contributed by atoms with E-state index < -0.39 is 0 Å². The molecule has 0 aliphatic carbocycles. The monoisotopic (exact) mass is 226 g/mol. The largest absolute Gasteiger partial charge is 0.507 e. The summed E-state index contributed by atoms with van der Waals surface area (Å²) >= 11 is 7.18. The summed E-state index contributed by atoms with van der Waals surface area (Å²) in [6.45, 7) is 0. The molecule has 0 atom stereocenters. The van der Waals surface area contributed by atoms with Crippen molar-refractivity contribution in [3.63, 3.8) is 0 Å². The molecule has 0 fully saturated rings. The van der Waals surface area contributed by atoms with E-state index in [0.717, 1.165) is 0 Å². The Bertz CT molecular complexity index is 470. The number of nitrogen functional groups attached to an aromatic ring is 1. The van der Waals surface area contributed by atoms with E-state index in [-0.39, 0.29) is 5.75 Å². The molecule has 1 aromatic heterocycles. The third-order valence-corrected chi connectivity index (χ3v) is 2.84. The first-order valence-corrected chi connectivity index (χ1v) is 5.12. The first-order valence-electron chi connectivity index (χ1n) is 3.87. The zero-order valence-electron chi connectivity index (χ0n) is 7.07. The highest BCUT2D eigenvalue weighted by Crippen LogP contribution is 2.33. The molecule has 0 saturated carbocycles. The molecule has 3 nitrogen and oxygen atoms in total. The van der Waals surface area contributed by atoms with Crippen LogP contribution in [0.2, 0.25) is 5.02 Å². The van der Waals surface area contributed by atoms with Crippen molar-refractivity contribution in [1.82, 2.24) is 4.98 Å². The van der Waals surface area contributed by atoms with Gasteiger partial charge in [0.1, 0.15) is 16.6 Å². The van der Waals surface area contributed by atoms with Crippen molar-refractivity contribution in [2.75, 3.05) is 5.73 Å². The van der Waals surface area contributed by atoms with E-state index in [1.54, 1.807) is 17.5 Å². The average molecular weight is 227 g/mol. The number of aromatic nitrogens is 1. The van der Waals surface area contributed by atoms with Crippen LogP contribution in [-0.4, -0.2) is 10.1 Å². The summed E-state index contributed by atoms with van der Waals surface area (Å²) in [5, 5.41) is 12.5. The Kier molecular flexibility index (Phi) is 2.31. The Balaban J connectivity index is 2.55. The smallest absolute Gasteiger partial charge is 0.135 e. The molecule has 2 aromatic rings. The Hall–Kier alpha value is -1.26. The molecule has 0 saturated heterocycles. The number of nitrogens with zero attached hydrogens (tertiary/aromatic N) is 1. The topological polar surface area (TPSA) is 59.1 Å². The van der Waals surface area contributed by atoms with Gasteiger partial charge in [-0.3, -0.25) is 0 Å². The lowest BCUT2D eigenvalue weighted by molar-refractivity contribution is 0.477. The second-order valence-electron chi connectivity index (χ2n) is 2.74. The van der Waals surface area contributed by atoms with Gasteiger partial charge in [-0.1, -0.05) is 11.6 Å². The molecule has 0 radical (unpaired) electrons. The summed E-state index contributed by atoms with van der Waals surface area (Å²) in [6.07, 6.45) is 0. The van der Waals surface area contributed by atoms with E-state index in [1.165, 1.54) is 17.4 Å². The zero-order chi connectivity index (χ0) is 10.1. The fraction of sp³-hybridized carbons (Fsp3) is 0. The van der Waals surface area contributed by atoms with Gasteiger partial charge in [0.2, 0.25) is 0 Å². The summed E-state index contributed by atoms with van der Waals surface area (Å²) in [6, 6.07) is 4.82. The van der Waals surface area contributed by atoms with E-state index in [0.29, 0.717) is 21.4 Å². The van der Waals surface area contributed by atoms with Gasteiger partial charge < -0.3 is 10.8 Å².